The number of benzene rings is 2. The van der Waals surface area contributed by atoms with Gasteiger partial charge in [-0.3, -0.25) is 0 Å². The van der Waals surface area contributed by atoms with Crippen LogP contribution in [0.5, 0.6) is 5.75 Å². The van der Waals surface area contributed by atoms with Crippen LogP contribution in [-0.4, -0.2) is 20.7 Å². The van der Waals surface area contributed by atoms with Gasteiger partial charge in [0.1, 0.15) is 5.75 Å². The molecule has 0 bridgehead atoms. The van der Waals surface area contributed by atoms with Gasteiger partial charge < -0.3 is 20.6 Å². The number of oxime groups is 1. The molecule has 21 heavy (non-hydrogen) atoms. The van der Waals surface area contributed by atoms with E-state index in [9.17, 15) is 5.11 Å². The number of aromatic hydroxyl groups is 1. The highest BCUT2D eigenvalue weighted by Gasteiger charge is 2.09. The van der Waals surface area contributed by atoms with Crippen molar-refractivity contribution in [3.05, 3.63) is 65.9 Å². The highest BCUT2D eigenvalue weighted by molar-refractivity contribution is 6.08. The molecule has 5 nitrogen and oxygen atoms in total. The summed E-state index contributed by atoms with van der Waals surface area (Å²) >= 11 is 0. The van der Waals surface area contributed by atoms with Crippen LogP contribution in [0.1, 0.15) is 11.1 Å². The predicted molar refractivity (Wildman–Crippen MR) is 81.7 cm³/mol. The minimum absolute atomic E-state index is 0.1000. The second kappa shape index (κ2) is 5.20. The summed E-state index contributed by atoms with van der Waals surface area (Å²) in [5.41, 5.74) is 8.50. The fraction of sp³-hybridized carbons (Fsp3) is 0.0625. The molecule has 0 radical (unpaired) electrons. The molecule has 1 aromatic heterocycles. The number of hydrogen-bond acceptors (Lipinski definition) is 3. The van der Waals surface area contributed by atoms with Crippen molar-refractivity contribution in [2.75, 3.05) is 0 Å². The molecule has 0 amide bonds. The minimum atomic E-state index is 0.1000. The van der Waals surface area contributed by atoms with Crippen molar-refractivity contribution in [2.24, 2.45) is 10.9 Å². The van der Waals surface area contributed by atoms with Gasteiger partial charge in [-0.25, -0.2) is 0 Å². The molecule has 0 aliphatic heterocycles. The number of nitrogens with two attached hydrogens (primary N) is 1. The van der Waals surface area contributed by atoms with E-state index < -0.39 is 0 Å². The maximum Gasteiger partial charge on any atom is 0.170 e. The first-order valence-corrected chi connectivity index (χ1v) is 6.52. The SMILES string of the molecule is N/C(=N/O)c1cccc2c1ccn2Cc1ccc(O)cc1. The monoisotopic (exact) mass is 281 g/mol. The van der Waals surface area contributed by atoms with Crippen LogP contribution in [0.3, 0.4) is 0 Å². The Balaban J connectivity index is 2.03. The van der Waals surface area contributed by atoms with E-state index in [0.717, 1.165) is 16.5 Å². The first-order chi connectivity index (χ1) is 10.2. The van der Waals surface area contributed by atoms with E-state index in [1.165, 1.54) is 0 Å². The van der Waals surface area contributed by atoms with Crippen molar-refractivity contribution >= 4 is 16.7 Å². The Labute approximate surface area is 121 Å². The van der Waals surface area contributed by atoms with Gasteiger partial charge in [-0.15, -0.1) is 0 Å². The molecule has 0 saturated heterocycles. The lowest BCUT2D eigenvalue weighted by Gasteiger charge is -2.07. The Hall–Kier alpha value is -2.95. The summed E-state index contributed by atoms with van der Waals surface area (Å²) in [5.74, 6) is 0.355. The molecule has 0 saturated carbocycles. The molecule has 0 unspecified atom stereocenters. The maximum absolute atomic E-state index is 9.32. The topological polar surface area (TPSA) is 83.8 Å². The van der Waals surface area contributed by atoms with Gasteiger partial charge in [0.2, 0.25) is 0 Å². The van der Waals surface area contributed by atoms with Crippen LogP contribution < -0.4 is 5.73 Å². The summed E-state index contributed by atoms with van der Waals surface area (Å²) in [6.45, 7) is 0.684. The molecule has 1 heterocycles. The molecule has 0 aliphatic carbocycles. The van der Waals surface area contributed by atoms with Gasteiger partial charge >= 0.3 is 0 Å². The second-order valence-electron chi connectivity index (χ2n) is 4.83. The van der Waals surface area contributed by atoms with Crippen LogP contribution in [-0.2, 0) is 6.54 Å². The number of nitrogens with zero attached hydrogens (tertiary/aromatic N) is 2. The Morgan fingerprint density at radius 1 is 1.10 bits per heavy atom. The molecule has 0 spiro atoms. The molecule has 106 valence electrons. The predicted octanol–water partition coefficient (Wildman–Crippen LogP) is 2.49. The molecular formula is C16H15N3O2. The first-order valence-electron chi connectivity index (χ1n) is 6.52. The van der Waals surface area contributed by atoms with Crippen molar-refractivity contribution in [3.8, 4) is 5.75 Å². The van der Waals surface area contributed by atoms with E-state index in [-0.39, 0.29) is 11.6 Å². The number of phenols is 1. The zero-order chi connectivity index (χ0) is 14.8. The van der Waals surface area contributed by atoms with Gasteiger partial charge in [-0.05, 0) is 29.8 Å². The van der Waals surface area contributed by atoms with E-state index in [4.69, 9.17) is 10.9 Å². The Morgan fingerprint density at radius 3 is 2.57 bits per heavy atom. The summed E-state index contributed by atoms with van der Waals surface area (Å²) in [5, 5.41) is 22.2. The summed E-state index contributed by atoms with van der Waals surface area (Å²) < 4.78 is 2.08. The number of rotatable bonds is 3. The van der Waals surface area contributed by atoms with E-state index in [1.54, 1.807) is 12.1 Å². The van der Waals surface area contributed by atoms with Crippen molar-refractivity contribution in [2.45, 2.75) is 6.54 Å². The molecule has 4 N–H and O–H groups in total. The van der Waals surface area contributed by atoms with E-state index >= 15 is 0 Å². The van der Waals surface area contributed by atoms with Gasteiger partial charge in [0, 0.05) is 29.2 Å². The Kier molecular flexibility index (Phi) is 3.23. The van der Waals surface area contributed by atoms with Crippen LogP contribution in [0, 0.1) is 0 Å². The molecule has 0 fully saturated rings. The molecule has 0 atom stereocenters. The van der Waals surface area contributed by atoms with Gasteiger partial charge in [0.25, 0.3) is 0 Å². The maximum atomic E-state index is 9.32. The van der Waals surface area contributed by atoms with Gasteiger partial charge in [0.05, 0.1) is 0 Å². The summed E-state index contributed by atoms with van der Waals surface area (Å²) in [6, 6.07) is 14.7. The van der Waals surface area contributed by atoms with Crippen molar-refractivity contribution < 1.29 is 10.3 Å². The Morgan fingerprint density at radius 2 is 1.86 bits per heavy atom. The lowest BCUT2D eigenvalue weighted by Crippen LogP contribution is -2.13. The average molecular weight is 281 g/mol. The highest BCUT2D eigenvalue weighted by atomic mass is 16.4. The standard InChI is InChI=1S/C16H15N3O2/c17-16(18-21)14-2-1-3-15-13(14)8-9-19(15)10-11-4-6-12(20)7-5-11/h1-9,20-21H,10H2,(H2,17,18). The molecule has 3 rings (SSSR count). The van der Waals surface area contributed by atoms with Crippen molar-refractivity contribution in [1.82, 2.24) is 4.57 Å². The van der Waals surface area contributed by atoms with Crippen LogP contribution in [0.4, 0.5) is 0 Å². The van der Waals surface area contributed by atoms with E-state index in [2.05, 4.69) is 9.72 Å². The number of phenolic OH excluding ortho intramolecular Hbond substituents is 1. The van der Waals surface area contributed by atoms with Crippen molar-refractivity contribution in [1.29, 1.82) is 0 Å². The quantitative estimate of drug-likeness (QED) is 0.298. The highest BCUT2D eigenvalue weighted by Crippen LogP contribution is 2.21. The number of aromatic nitrogens is 1. The third-order valence-corrected chi connectivity index (χ3v) is 3.49. The van der Waals surface area contributed by atoms with Crippen LogP contribution in [0.2, 0.25) is 0 Å². The second-order valence-corrected chi connectivity index (χ2v) is 4.83. The molecule has 3 aromatic rings. The third-order valence-electron chi connectivity index (χ3n) is 3.49. The number of hydrogen-bond donors (Lipinski definition) is 3. The largest absolute Gasteiger partial charge is 0.508 e. The third kappa shape index (κ3) is 2.41. The Bertz CT molecular complexity index is 804. The molecule has 5 heteroatoms. The van der Waals surface area contributed by atoms with Crippen LogP contribution in [0.25, 0.3) is 10.9 Å². The fourth-order valence-electron chi connectivity index (χ4n) is 2.44. The summed E-state index contributed by atoms with van der Waals surface area (Å²) in [4.78, 5) is 0. The minimum Gasteiger partial charge on any atom is -0.508 e. The zero-order valence-corrected chi connectivity index (χ0v) is 11.3. The summed E-state index contributed by atoms with van der Waals surface area (Å²) in [6.07, 6.45) is 1.96. The zero-order valence-electron chi connectivity index (χ0n) is 11.3. The van der Waals surface area contributed by atoms with Gasteiger partial charge in [-0.2, -0.15) is 0 Å². The van der Waals surface area contributed by atoms with Crippen molar-refractivity contribution in [3.63, 3.8) is 0 Å². The lowest BCUT2D eigenvalue weighted by molar-refractivity contribution is 0.318. The van der Waals surface area contributed by atoms with Gasteiger partial charge in [-0.1, -0.05) is 29.4 Å². The van der Waals surface area contributed by atoms with Crippen LogP contribution >= 0.6 is 0 Å². The van der Waals surface area contributed by atoms with Gasteiger partial charge in [0.15, 0.2) is 5.84 Å². The first kappa shape index (κ1) is 13.1. The number of fused-ring (bicyclic) bond motifs is 1. The fourth-order valence-corrected chi connectivity index (χ4v) is 2.44. The lowest BCUT2D eigenvalue weighted by atomic mass is 10.1. The molecule has 0 aliphatic rings. The molecule has 2 aromatic carbocycles. The smallest absolute Gasteiger partial charge is 0.170 e. The molecular weight excluding hydrogens is 266 g/mol. The van der Waals surface area contributed by atoms with Crippen LogP contribution in [0.15, 0.2) is 59.9 Å². The average Bonchev–Trinajstić information content (AvgIpc) is 2.92. The van der Waals surface area contributed by atoms with E-state index in [1.807, 2.05) is 42.6 Å². The summed E-state index contributed by atoms with van der Waals surface area (Å²) in [7, 11) is 0. The van der Waals surface area contributed by atoms with E-state index in [0.29, 0.717) is 12.1 Å². The normalized spacial score (nSPS) is 11.9. The number of amidine groups is 1.